The van der Waals surface area contributed by atoms with Crippen molar-refractivity contribution in [2.45, 2.75) is 84.3 Å². The van der Waals surface area contributed by atoms with Crippen LogP contribution in [0.1, 0.15) is 70.9 Å². The van der Waals surface area contributed by atoms with Gasteiger partial charge in [0.2, 0.25) is 0 Å². The number of nitrogens with zero attached hydrogens (tertiary/aromatic N) is 2. The van der Waals surface area contributed by atoms with Gasteiger partial charge >= 0.3 is 6.18 Å². The highest BCUT2D eigenvalue weighted by molar-refractivity contribution is 6.00. The van der Waals surface area contributed by atoms with Crippen LogP contribution in [0.2, 0.25) is 0 Å². The molecule has 2 heterocycles. The Balaban J connectivity index is 1.54. The van der Waals surface area contributed by atoms with E-state index in [1.165, 1.54) is 0 Å². The van der Waals surface area contributed by atoms with Crippen molar-refractivity contribution in [3.05, 3.63) is 74.7 Å². The van der Waals surface area contributed by atoms with Gasteiger partial charge in [0.05, 0.1) is 11.8 Å². The van der Waals surface area contributed by atoms with Gasteiger partial charge in [-0.15, -0.1) is 0 Å². The van der Waals surface area contributed by atoms with Crippen molar-refractivity contribution in [3.63, 3.8) is 0 Å². The molecule has 1 aliphatic carbocycles. The number of H-pyrrole nitrogens is 1. The monoisotopic (exact) mass is 629 g/mol. The van der Waals surface area contributed by atoms with E-state index in [1.54, 1.807) is 6.08 Å². The van der Waals surface area contributed by atoms with Gasteiger partial charge in [-0.1, -0.05) is 24.8 Å². The van der Waals surface area contributed by atoms with Gasteiger partial charge in [-0.2, -0.15) is 13.2 Å². The van der Waals surface area contributed by atoms with Crippen LogP contribution in [0.5, 0.6) is 0 Å². The summed E-state index contributed by atoms with van der Waals surface area (Å²) in [6.45, 7) is 12.3. The number of amides is 1. The van der Waals surface area contributed by atoms with Crippen molar-refractivity contribution in [1.29, 1.82) is 0 Å². The van der Waals surface area contributed by atoms with Gasteiger partial charge in [0, 0.05) is 73.4 Å². The number of pyridine rings is 1. The normalized spacial score (nSPS) is 19.4. The number of aryl methyl sites for hydroxylation is 2. The smallest absolute Gasteiger partial charge is 0.388 e. The molecule has 0 atom stereocenters. The van der Waals surface area contributed by atoms with Crippen LogP contribution in [-0.2, 0) is 11.3 Å². The summed E-state index contributed by atoms with van der Waals surface area (Å²) in [4.78, 5) is 33.7. The molecule has 1 aromatic heterocycles. The third kappa shape index (κ3) is 8.18. The highest BCUT2D eigenvalue weighted by Crippen LogP contribution is 2.39. The molecule has 8 nitrogen and oxygen atoms in total. The summed E-state index contributed by atoms with van der Waals surface area (Å²) < 4.78 is 42.6. The molecule has 0 bridgehead atoms. The number of anilines is 2. The minimum Gasteiger partial charge on any atom is -0.388 e. The molecule has 45 heavy (non-hydrogen) atoms. The van der Waals surface area contributed by atoms with Crippen molar-refractivity contribution in [1.82, 2.24) is 15.2 Å². The number of rotatable bonds is 12. The van der Waals surface area contributed by atoms with Crippen LogP contribution in [0.3, 0.4) is 0 Å². The number of benzene rings is 1. The van der Waals surface area contributed by atoms with E-state index in [0.717, 1.165) is 66.0 Å². The first-order valence-corrected chi connectivity index (χ1v) is 15.7. The number of ether oxygens (including phenoxy) is 1. The number of hydrogen-bond donors (Lipinski definition) is 3. The molecule has 1 aliphatic heterocycles. The van der Waals surface area contributed by atoms with Gasteiger partial charge in [0.15, 0.2) is 0 Å². The first-order chi connectivity index (χ1) is 21.4. The van der Waals surface area contributed by atoms with Gasteiger partial charge in [-0.3, -0.25) is 14.5 Å². The molecule has 3 N–H and O–H groups in total. The van der Waals surface area contributed by atoms with Crippen molar-refractivity contribution < 1.29 is 22.7 Å². The Morgan fingerprint density at radius 2 is 1.87 bits per heavy atom. The molecular weight excluding hydrogens is 583 g/mol. The lowest BCUT2D eigenvalue weighted by atomic mass is 9.86. The van der Waals surface area contributed by atoms with Gasteiger partial charge < -0.3 is 25.3 Å². The lowest BCUT2D eigenvalue weighted by molar-refractivity contribution is -0.202. The lowest BCUT2D eigenvalue weighted by Gasteiger charge is -2.48. The van der Waals surface area contributed by atoms with E-state index in [2.05, 4.69) is 38.9 Å². The quantitative estimate of drug-likeness (QED) is 0.255. The number of aromatic amines is 1. The van der Waals surface area contributed by atoms with Crippen LogP contribution in [-0.4, -0.2) is 73.4 Å². The number of carbonyl (C=O) groups excluding carboxylic acids is 1. The van der Waals surface area contributed by atoms with Gasteiger partial charge in [-0.05, 0) is 76.6 Å². The fourth-order valence-electron chi connectivity index (χ4n) is 6.72. The van der Waals surface area contributed by atoms with E-state index in [0.29, 0.717) is 30.3 Å². The first-order valence-electron chi connectivity index (χ1n) is 15.7. The molecule has 2 aliphatic rings. The Hall–Kier alpha value is -3.57. The fraction of sp³-hybridized carbons (Fsp3) is 0.529. The van der Waals surface area contributed by atoms with E-state index in [-0.39, 0.29) is 30.2 Å². The van der Waals surface area contributed by atoms with E-state index < -0.39 is 12.8 Å². The van der Waals surface area contributed by atoms with Crippen LogP contribution >= 0.6 is 0 Å². The number of likely N-dealkylation sites (tertiary alicyclic amines) is 1. The van der Waals surface area contributed by atoms with E-state index in [1.807, 2.05) is 52.1 Å². The van der Waals surface area contributed by atoms with E-state index in [9.17, 15) is 22.8 Å². The topological polar surface area (TPSA) is 89.7 Å². The zero-order valence-electron chi connectivity index (χ0n) is 26.9. The standard InChI is InChI=1S/C34H46F3N5O3/c1-7-9-10-27-30(38-6)16-28(32(43)39-17-29-21(3)15-22(4)40-33(29)44)23(5)31(27)42(8-2)25-13-11-24(12-14-25)41-18-26(19-41)45-20-34(35,36)37/h7,9-10,15-16,24-26,38H,1,8,11-14,17-20H2,2-6H3,(H,39,43)(H,40,44)/b10-9-. The highest BCUT2D eigenvalue weighted by atomic mass is 19.4. The van der Waals surface area contributed by atoms with Gasteiger partial charge in [-0.25, -0.2) is 0 Å². The molecule has 11 heteroatoms. The number of aromatic nitrogens is 1. The van der Waals surface area contributed by atoms with Crippen molar-refractivity contribution in [2.24, 2.45) is 0 Å². The second-order valence-corrected chi connectivity index (χ2v) is 12.1. The average Bonchev–Trinajstić information content (AvgIpc) is 2.96. The predicted octanol–water partition coefficient (Wildman–Crippen LogP) is 5.87. The summed E-state index contributed by atoms with van der Waals surface area (Å²) >= 11 is 0. The summed E-state index contributed by atoms with van der Waals surface area (Å²) in [6.07, 6.45) is 4.68. The van der Waals surface area contributed by atoms with Crippen LogP contribution in [0.25, 0.3) is 6.08 Å². The third-order valence-corrected chi connectivity index (χ3v) is 9.04. The molecule has 0 radical (unpaired) electrons. The summed E-state index contributed by atoms with van der Waals surface area (Å²) in [5, 5.41) is 6.24. The highest BCUT2D eigenvalue weighted by Gasteiger charge is 2.39. The summed E-state index contributed by atoms with van der Waals surface area (Å²) in [7, 11) is 1.83. The SMILES string of the molecule is C=C/C=C\c1c(NC)cc(C(=O)NCc2c(C)cc(C)[nH]c2=O)c(C)c1N(CC)C1CCC(N2CC(OCC(F)(F)F)C2)CC1. The number of alkyl halides is 3. The minimum absolute atomic E-state index is 0.113. The van der Waals surface area contributed by atoms with E-state index >= 15 is 0 Å². The summed E-state index contributed by atoms with van der Waals surface area (Å²) in [6, 6.07) is 4.30. The zero-order valence-corrected chi connectivity index (χ0v) is 26.9. The number of halogens is 3. The van der Waals surface area contributed by atoms with Crippen molar-refractivity contribution in [2.75, 3.05) is 43.5 Å². The second-order valence-electron chi connectivity index (χ2n) is 12.1. The Kier molecular flexibility index (Phi) is 11.2. The lowest BCUT2D eigenvalue weighted by Crippen LogP contribution is -2.58. The van der Waals surface area contributed by atoms with Crippen LogP contribution in [0.15, 0.2) is 35.7 Å². The van der Waals surface area contributed by atoms with Crippen LogP contribution < -0.4 is 21.1 Å². The number of allylic oxidation sites excluding steroid dienone is 2. The summed E-state index contributed by atoms with van der Waals surface area (Å²) in [5.41, 5.74) is 6.04. The Morgan fingerprint density at radius 3 is 2.44 bits per heavy atom. The van der Waals surface area contributed by atoms with Crippen molar-refractivity contribution in [3.8, 4) is 0 Å². The zero-order chi connectivity index (χ0) is 32.9. The molecule has 0 unspecified atom stereocenters. The maximum Gasteiger partial charge on any atom is 0.411 e. The molecule has 2 aromatic rings. The maximum absolute atomic E-state index is 13.7. The molecule has 0 spiro atoms. The molecule has 4 rings (SSSR count). The maximum atomic E-state index is 13.7. The number of nitrogens with one attached hydrogen (secondary N) is 3. The van der Waals surface area contributed by atoms with Crippen LogP contribution in [0, 0.1) is 20.8 Å². The average molecular weight is 630 g/mol. The Morgan fingerprint density at radius 1 is 1.18 bits per heavy atom. The predicted molar refractivity (Wildman–Crippen MR) is 174 cm³/mol. The summed E-state index contributed by atoms with van der Waals surface area (Å²) in [5.74, 6) is -0.260. The molecule has 2 fully saturated rings. The number of carbonyl (C=O) groups is 1. The molecular formula is C34H46F3N5O3. The molecule has 1 amide bonds. The Bertz CT molecular complexity index is 1450. The minimum atomic E-state index is -4.30. The second kappa shape index (κ2) is 14.7. The largest absolute Gasteiger partial charge is 0.411 e. The molecule has 1 saturated carbocycles. The third-order valence-electron chi connectivity index (χ3n) is 9.04. The fourth-order valence-corrected chi connectivity index (χ4v) is 6.72. The molecule has 1 saturated heterocycles. The molecule has 1 aromatic carbocycles. The Labute approximate surface area is 263 Å². The molecule has 246 valence electrons. The van der Waals surface area contributed by atoms with Gasteiger partial charge in [0.1, 0.15) is 6.61 Å². The van der Waals surface area contributed by atoms with Gasteiger partial charge in [0.25, 0.3) is 11.5 Å². The van der Waals surface area contributed by atoms with Crippen LogP contribution in [0.4, 0.5) is 24.5 Å². The van der Waals surface area contributed by atoms with Crippen molar-refractivity contribution >= 4 is 23.4 Å². The first kappa shape index (κ1) is 34.3. The number of hydrogen-bond acceptors (Lipinski definition) is 6. The van der Waals surface area contributed by atoms with E-state index in [4.69, 9.17) is 4.74 Å².